The van der Waals surface area contributed by atoms with Crippen LogP contribution in [0.1, 0.15) is 27.2 Å². The van der Waals surface area contributed by atoms with Crippen LogP contribution in [0.25, 0.3) is 11.3 Å². The number of carbonyl (C=O) groups excluding carboxylic acids is 2. The first-order valence-electron chi connectivity index (χ1n) is 7.75. The van der Waals surface area contributed by atoms with Crippen LogP contribution in [0, 0.1) is 0 Å². The topological polar surface area (TPSA) is 96.0 Å². The average Bonchev–Trinajstić information content (AvgIpc) is 3.09. The van der Waals surface area contributed by atoms with Crippen LogP contribution in [0.15, 0.2) is 29.6 Å². The second-order valence-corrected chi connectivity index (χ2v) is 6.12. The molecule has 3 N–H and O–H groups in total. The van der Waals surface area contributed by atoms with Crippen LogP contribution < -0.4 is 16.0 Å². The lowest BCUT2D eigenvalue weighted by Crippen LogP contribution is -2.48. The lowest BCUT2D eigenvalue weighted by molar-refractivity contribution is -0.123. The fourth-order valence-electron chi connectivity index (χ4n) is 1.91. The van der Waals surface area contributed by atoms with Crippen molar-refractivity contribution in [1.82, 2.24) is 20.2 Å². The van der Waals surface area contributed by atoms with E-state index in [1.807, 2.05) is 31.4 Å². The number of amides is 3. The highest BCUT2D eigenvalue weighted by Crippen LogP contribution is 2.19. The highest BCUT2D eigenvalue weighted by Gasteiger charge is 2.16. The minimum Gasteiger partial charge on any atom is -0.352 e. The Balaban J connectivity index is 1.87. The Morgan fingerprint density at radius 3 is 2.46 bits per heavy atom. The lowest BCUT2D eigenvalue weighted by Gasteiger charge is -2.17. The van der Waals surface area contributed by atoms with Crippen molar-refractivity contribution in [3.05, 3.63) is 29.6 Å². The van der Waals surface area contributed by atoms with Gasteiger partial charge in [-0.2, -0.15) is 0 Å². The molecule has 0 saturated carbocycles. The van der Waals surface area contributed by atoms with Crippen LogP contribution in [0.4, 0.5) is 10.5 Å². The van der Waals surface area contributed by atoms with E-state index >= 15 is 0 Å². The highest BCUT2D eigenvalue weighted by molar-refractivity contribution is 7.03. The van der Waals surface area contributed by atoms with Crippen molar-refractivity contribution in [3.8, 4) is 11.3 Å². The van der Waals surface area contributed by atoms with E-state index in [2.05, 4.69) is 25.5 Å². The third-order valence-electron chi connectivity index (χ3n) is 3.54. The van der Waals surface area contributed by atoms with Gasteiger partial charge in [-0.3, -0.25) is 4.79 Å². The minimum atomic E-state index is -0.612. The first-order chi connectivity index (χ1) is 11.5. The van der Waals surface area contributed by atoms with Gasteiger partial charge < -0.3 is 16.0 Å². The summed E-state index contributed by atoms with van der Waals surface area (Å²) in [5, 5.41) is 14.0. The number of urea groups is 1. The van der Waals surface area contributed by atoms with E-state index in [1.165, 1.54) is 11.5 Å². The number of nitrogens with one attached hydrogen (secondary N) is 3. The molecule has 0 spiro atoms. The van der Waals surface area contributed by atoms with Crippen molar-refractivity contribution in [2.24, 2.45) is 0 Å². The molecular formula is C16H21N5O2S. The Bertz CT molecular complexity index is 672. The zero-order chi connectivity index (χ0) is 17.5. The summed E-state index contributed by atoms with van der Waals surface area (Å²) in [5.41, 5.74) is 2.36. The van der Waals surface area contributed by atoms with E-state index in [4.69, 9.17) is 0 Å². The molecule has 2 atom stereocenters. The fraction of sp³-hybridized carbons (Fsp3) is 0.375. The Morgan fingerprint density at radius 1 is 1.17 bits per heavy atom. The Hall–Kier alpha value is -2.48. The molecule has 7 nitrogen and oxygen atoms in total. The predicted molar refractivity (Wildman–Crippen MR) is 94.9 cm³/mol. The number of hydrogen-bond acceptors (Lipinski definition) is 5. The van der Waals surface area contributed by atoms with Gasteiger partial charge in [-0.15, -0.1) is 5.10 Å². The van der Waals surface area contributed by atoms with E-state index < -0.39 is 12.1 Å². The van der Waals surface area contributed by atoms with Crippen molar-refractivity contribution in [3.63, 3.8) is 0 Å². The third kappa shape index (κ3) is 5.02. The van der Waals surface area contributed by atoms with E-state index in [0.717, 1.165) is 17.7 Å². The summed E-state index contributed by atoms with van der Waals surface area (Å²) in [6.45, 7) is 5.56. The van der Waals surface area contributed by atoms with E-state index in [-0.39, 0.29) is 11.9 Å². The summed E-state index contributed by atoms with van der Waals surface area (Å²) in [7, 11) is 0. The number of anilines is 1. The van der Waals surface area contributed by atoms with Gasteiger partial charge in [-0.25, -0.2) is 4.79 Å². The first kappa shape index (κ1) is 17.9. The van der Waals surface area contributed by atoms with Crippen LogP contribution in [0.3, 0.4) is 0 Å². The summed E-state index contributed by atoms with van der Waals surface area (Å²) in [6.07, 6.45) is 0.839. The standard InChI is InChI=1S/C16H21N5O2S/c1-4-10(2)17-15(22)11(3)18-16(23)19-13-7-5-12(6-8-13)14-9-24-21-20-14/h5-11H,4H2,1-3H3,(H,17,22)(H2,18,19,23). The summed E-state index contributed by atoms with van der Waals surface area (Å²) >= 11 is 1.29. The largest absolute Gasteiger partial charge is 0.352 e. The minimum absolute atomic E-state index is 0.0811. The monoisotopic (exact) mass is 347 g/mol. The van der Waals surface area contributed by atoms with E-state index in [9.17, 15) is 9.59 Å². The van der Waals surface area contributed by atoms with Gasteiger partial charge in [-0.1, -0.05) is 23.5 Å². The molecule has 0 aliphatic carbocycles. The van der Waals surface area contributed by atoms with Gasteiger partial charge in [0.05, 0.1) is 0 Å². The van der Waals surface area contributed by atoms with Gasteiger partial charge in [0, 0.05) is 22.7 Å². The smallest absolute Gasteiger partial charge is 0.319 e. The maximum absolute atomic E-state index is 12.0. The second kappa shape index (κ2) is 8.39. The first-order valence-corrected chi connectivity index (χ1v) is 8.58. The second-order valence-electron chi connectivity index (χ2n) is 5.51. The van der Waals surface area contributed by atoms with Gasteiger partial charge in [0.15, 0.2) is 0 Å². The lowest BCUT2D eigenvalue weighted by atomic mass is 10.1. The molecule has 2 aromatic rings. The Kier molecular flexibility index (Phi) is 6.25. The van der Waals surface area contributed by atoms with Crippen molar-refractivity contribution in [2.75, 3.05) is 5.32 Å². The van der Waals surface area contributed by atoms with Crippen LogP contribution in [-0.4, -0.2) is 33.6 Å². The zero-order valence-corrected chi connectivity index (χ0v) is 14.7. The molecule has 0 fully saturated rings. The normalized spacial score (nSPS) is 13.0. The van der Waals surface area contributed by atoms with Gasteiger partial charge in [0.2, 0.25) is 5.91 Å². The molecule has 0 radical (unpaired) electrons. The molecule has 2 unspecified atom stereocenters. The predicted octanol–water partition coefficient (Wildman–Crippen LogP) is 2.63. The van der Waals surface area contributed by atoms with Crippen molar-refractivity contribution in [1.29, 1.82) is 0 Å². The molecule has 1 heterocycles. The van der Waals surface area contributed by atoms with E-state index in [1.54, 1.807) is 19.1 Å². The van der Waals surface area contributed by atoms with Crippen LogP contribution in [0.5, 0.6) is 0 Å². The van der Waals surface area contributed by atoms with Crippen molar-refractivity contribution in [2.45, 2.75) is 39.3 Å². The number of carbonyl (C=O) groups is 2. The molecule has 0 aliphatic heterocycles. The molecule has 128 valence electrons. The number of aromatic nitrogens is 2. The molecule has 3 amide bonds. The SMILES string of the molecule is CCC(C)NC(=O)C(C)NC(=O)Nc1ccc(-c2csnn2)cc1. The number of hydrogen-bond donors (Lipinski definition) is 3. The molecule has 1 aromatic carbocycles. The van der Waals surface area contributed by atoms with Crippen molar-refractivity contribution >= 4 is 29.2 Å². The molecule has 8 heteroatoms. The summed E-state index contributed by atoms with van der Waals surface area (Å²) in [4.78, 5) is 23.9. The number of nitrogens with zero attached hydrogens (tertiary/aromatic N) is 2. The fourth-order valence-corrected chi connectivity index (χ4v) is 2.38. The van der Waals surface area contributed by atoms with Gasteiger partial charge in [0.1, 0.15) is 11.7 Å². The van der Waals surface area contributed by atoms with Crippen LogP contribution in [-0.2, 0) is 4.79 Å². The van der Waals surface area contributed by atoms with Crippen LogP contribution >= 0.6 is 11.5 Å². The number of benzene rings is 1. The van der Waals surface area contributed by atoms with Crippen molar-refractivity contribution < 1.29 is 9.59 Å². The molecule has 1 aromatic heterocycles. The van der Waals surface area contributed by atoms with Gasteiger partial charge in [-0.05, 0) is 43.9 Å². The maximum Gasteiger partial charge on any atom is 0.319 e. The van der Waals surface area contributed by atoms with E-state index in [0.29, 0.717) is 5.69 Å². The summed E-state index contributed by atoms with van der Waals surface area (Å²) in [6, 6.07) is 6.30. The molecule has 24 heavy (non-hydrogen) atoms. The average molecular weight is 347 g/mol. The molecule has 0 saturated heterocycles. The summed E-state index contributed by atoms with van der Waals surface area (Å²) < 4.78 is 3.82. The highest BCUT2D eigenvalue weighted by atomic mass is 32.1. The molecule has 2 rings (SSSR count). The Labute approximate surface area is 145 Å². The molecular weight excluding hydrogens is 326 g/mol. The quantitative estimate of drug-likeness (QED) is 0.748. The molecule has 0 bridgehead atoms. The maximum atomic E-state index is 12.0. The third-order valence-corrected chi connectivity index (χ3v) is 4.05. The Morgan fingerprint density at radius 2 is 1.88 bits per heavy atom. The molecule has 0 aliphatic rings. The van der Waals surface area contributed by atoms with Gasteiger partial charge in [0.25, 0.3) is 0 Å². The number of rotatable bonds is 6. The summed E-state index contributed by atoms with van der Waals surface area (Å²) in [5.74, 6) is -0.203. The zero-order valence-electron chi connectivity index (χ0n) is 13.9. The van der Waals surface area contributed by atoms with Gasteiger partial charge >= 0.3 is 6.03 Å². The van der Waals surface area contributed by atoms with Crippen LogP contribution in [0.2, 0.25) is 0 Å².